The highest BCUT2D eigenvalue weighted by Crippen LogP contribution is 2.32. The van der Waals surface area contributed by atoms with E-state index >= 15 is 0 Å². The van der Waals surface area contributed by atoms with Gasteiger partial charge in [0.2, 0.25) is 5.95 Å². The lowest BCUT2D eigenvalue weighted by Crippen LogP contribution is -2.38. The number of rotatable bonds is 7. The van der Waals surface area contributed by atoms with Crippen molar-refractivity contribution in [1.82, 2.24) is 25.6 Å². The Kier molecular flexibility index (Phi) is 6.30. The summed E-state index contributed by atoms with van der Waals surface area (Å²) in [4.78, 5) is 26.4. The molecule has 3 aromatic rings. The fraction of sp³-hybridized carbons (Fsp3) is 0.393. The molecule has 1 aliphatic heterocycles. The van der Waals surface area contributed by atoms with Gasteiger partial charge in [-0.15, -0.1) is 0 Å². The van der Waals surface area contributed by atoms with Crippen LogP contribution in [0.1, 0.15) is 67.7 Å². The number of anilines is 4. The number of hydrogen-bond acceptors (Lipinski definition) is 8. The maximum absolute atomic E-state index is 13.0. The molecule has 1 fully saturated rings. The summed E-state index contributed by atoms with van der Waals surface area (Å²) in [5.74, 6) is 0.536. The Morgan fingerprint density at radius 1 is 1.14 bits per heavy atom. The third-order valence-corrected chi connectivity index (χ3v) is 6.86. The molecule has 0 spiro atoms. The summed E-state index contributed by atoms with van der Waals surface area (Å²) in [6.07, 6.45) is 5.15. The molecule has 5 rings (SSSR count). The largest absolute Gasteiger partial charge is 0.349 e. The minimum Gasteiger partial charge on any atom is -0.349 e. The predicted octanol–water partition coefficient (Wildman–Crippen LogP) is 4.43. The van der Waals surface area contributed by atoms with Crippen LogP contribution in [0.2, 0.25) is 0 Å². The molecule has 0 atom stereocenters. The summed E-state index contributed by atoms with van der Waals surface area (Å²) in [5.41, 5.74) is 4.43. The normalized spacial score (nSPS) is 16.3. The van der Waals surface area contributed by atoms with Gasteiger partial charge in [0.05, 0.1) is 17.2 Å². The van der Waals surface area contributed by atoms with Crippen LogP contribution >= 0.6 is 0 Å². The fourth-order valence-corrected chi connectivity index (χ4v) is 4.45. The van der Waals surface area contributed by atoms with E-state index in [1.807, 2.05) is 19.9 Å². The Morgan fingerprint density at radius 3 is 2.68 bits per heavy atom. The van der Waals surface area contributed by atoms with Crippen LogP contribution in [0.25, 0.3) is 0 Å². The van der Waals surface area contributed by atoms with Gasteiger partial charge in [-0.3, -0.25) is 9.78 Å². The van der Waals surface area contributed by atoms with Crippen molar-refractivity contribution in [2.45, 2.75) is 64.0 Å². The Bertz CT molecular complexity index is 1390. The number of benzene rings is 1. The average molecular weight is 497 g/mol. The van der Waals surface area contributed by atoms with Gasteiger partial charge in [-0.1, -0.05) is 19.9 Å². The van der Waals surface area contributed by atoms with Crippen molar-refractivity contribution < 1.29 is 4.79 Å². The van der Waals surface area contributed by atoms with Crippen molar-refractivity contribution in [2.24, 2.45) is 0 Å². The van der Waals surface area contributed by atoms with Crippen LogP contribution in [0, 0.1) is 11.3 Å². The van der Waals surface area contributed by atoms with E-state index in [1.54, 1.807) is 24.5 Å². The van der Waals surface area contributed by atoms with Crippen molar-refractivity contribution >= 4 is 29.0 Å². The van der Waals surface area contributed by atoms with E-state index in [2.05, 4.69) is 68.3 Å². The number of nitriles is 1. The number of hydrogen-bond donors (Lipinski definition) is 4. The summed E-state index contributed by atoms with van der Waals surface area (Å²) in [7, 11) is 0. The molecule has 9 heteroatoms. The maximum Gasteiger partial charge on any atom is 0.256 e. The third-order valence-electron chi connectivity index (χ3n) is 6.86. The topological polar surface area (TPSA) is 128 Å². The number of amides is 1. The van der Waals surface area contributed by atoms with Gasteiger partial charge in [-0.2, -0.15) is 10.2 Å². The van der Waals surface area contributed by atoms with Gasteiger partial charge >= 0.3 is 0 Å². The first kappa shape index (κ1) is 24.7. The summed E-state index contributed by atoms with van der Waals surface area (Å²) in [6, 6.07) is 12.4. The molecular weight excluding hydrogens is 464 g/mol. The summed E-state index contributed by atoms with van der Waals surface area (Å²) >= 11 is 0. The van der Waals surface area contributed by atoms with Crippen molar-refractivity contribution in [3.8, 4) is 6.07 Å². The average Bonchev–Trinajstić information content (AvgIpc) is 3.68. The van der Waals surface area contributed by atoms with Crippen LogP contribution in [0.5, 0.6) is 0 Å². The summed E-state index contributed by atoms with van der Waals surface area (Å²) in [6.45, 7) is 9.86. The molecule has 0 unspecified atom stereocenters. The lowest BCUT2D eigenvalue weighted by molar-refractivity contribution is 0.0951. The summed E-state index contributed by atoms with van der Waals surface area (Å²) in [5, 5.41) is 22.6. The molecule has 0 radical (unpaired) electrons. The minimum atomic E-state index is -0.752. The first-order valence-corrected chi connectivity index (χ1v) is 12.6. The van der Waals surface area contributed by atoms with Crippen LogP contribution in [0.3, 0.4) is 0 Å². The standard InChI is InChI=1S/C28H32N8O/c1-27(2,15-29)23-12-20(9-10-31-23)33-24-21(25(37)34-18-5-6-18)14-32-26(36-24)35-19-7-8-22-17(11-19)13-30-16-28(22,3)4/h7-12,14,18,30H,5-6,13,16H2,1-4H3,(H,34,37)(H2,31,32,33,35,36). The molecule has 37 heavy (non-hydrogen) atoms. The number of carbonyl (C=O) groups is 1. The Morgan fingerprint density at radius 2 is 1.92 bits per heavy atom. The molecular formula is C28H32N8O. The van der Waals surface area contributed by atoms with Gasteiger partial charge in [-0.05, 0) is 62.1 Å². The van der Waals surface area contributed by atoms with Crippen molar-refractivity contribution in [3.63, 3.8) is 0 Å². The van der Waals surface area contributed by atoms with Crippen molar-refractivity contribution in [3.05, 3.63) is 65.1 Å². The number of nitrogens with zero attached hydrogens (tertiary/aromatic N) is 4. The molecule has 190 valence electrons. The molecule has 9 nitrogen and oxygen atoms in total. The number of pyridine rings is 1. The van der Waals surface area contributed by atoms with E-state index in [9.17, 15) is 10.1 Å². The Hall–Kier alpha value is -4.03. The van der Waals surface area contributed by atoms with E-state index in [4.69, 9.17) is 0 Å². The third kappa shape index (κ3) is 5.39. The number of nitrogens with one attached hydrogen (secondary N) is 4. The molecule has 2 aliphatic rings. The van der Waals surface area contributed by atoms with E-state index < -0.39 is 5.41 Å². The van der Waals surface area contributed by atoms with Crippen LogP contribution < -0.4 is 21.3 Å². The molecule has 1 aromatic carbocycles. The lowest BCUT2D eigenvalue weighted by Gasteiger charge is -2.33. The number of aromatic nitrogens is 3. The molecule has 2 aromatic heterocycles. The monoisotopic (exact) mass is 496 g/mol. The van der Waals surface area contributed by atoms with Gasteiger partial charge in [0.25, 0.3) is 5.91 Å². The SMILES string of the molecule is CC(C)(C#N)c1cc(Nc2nc(Nc3ccc4c(c3)CNCC4(C)C)ncc2C(=O)NC2CC2)ccn1. The lowest BCUT2D eigenvalue weighted by atomic mass is 9.79. The number of carbonyl (C=O) groups excluding carboxylic acids is 1. The molecule has 1 amide bonds. The smallest absolute Gasteiger partial charge is 0.256 e. The van der Waals surface area contributed by atoms with E-state index in [-0.39, 0.29) is 17.4 Å². The predicted molar refractivity (Wildman–Crippen MR) is 143 cm³/mol. The van der Waals surface area contributed by atoms with E-state index in [1.165, 1.54) is 11.1 Å². The van der Waals surface area contributed by atoms with Crippen molar-refractivity contribution in [1.29, 1.82) is 5.26 Å². The second-order valence-corrected chi connectivity index (χ2v) is 11.0. The highest BCUT2D eigenvalue weighted by Gasteiger charge is 2.28. The van der Waals surface area contributed by atoms with Gasteiger partial charge in [0.15, 0.2) is 0 Å². The highest BCUT2D eigenvalue weighted by molar-refractivity contribution is 5.99. The van der Waals surface area contributed by atoms with Gasteiger partial charge in [0.1, 0.15) is 11.4 Å². The van der Waals surface area contributed by atoms with Crippen molar-refractivity contribution in [2.75, 3.05) is 17.2 Å². The van der Waals surface area contributed by atoms with Crippen LogP contribution in [-0.4, -0.2) is 33.4 Å². The maximum atomic E-state index is 13.0. The second-order valence-electron chi connectivity index (χ2n) is 11.0. The molecule has 0 saturated heterocycles. The fourth-order valence-electron chi connectivity index (χ4n) is 4.45. The number of fused-ring (bicyclic) bond motifs is 1. The Balaban J connectivity index is 1.45. The molecule has 4 N–H and O–H groups in total. The highest BCUT2D eigenvalue weighted by atomic mass is 16.1. The molecule has 0 bridgehead atoms. The van der Waals surface area contributed by atoms with Gasteiger partial charge < -0.3 is 21.3 Å². The molecule has 3 heterocycles. The zero-order valence-electron chi connectivity index (χ0n) is 21.6. The molecule has 1 aliphatic carbocycles. The van der Waals surface area contributed by atoms with Crippen LogP contribution in [-0.2, 0) is 17.4 Å². The first-order valence-electron chi connectivity index (χ1n) is 12.6. The van der Waals surface area contributed by atoms with Gasteiger partial charge in [0, 0.05) is 48.3 Å². The second kappa shape index (κ2) is 9.45. The van der Waals surface area contributed by atoms with E-state index in [0.29, 0.717) is 28.7 Å². The van der Waals surface area contributed by atoms with Gasteiger partial charge in [-0.25, -0.2) is 4.98 Å². The quantitative estimate of drug-likeness (QED) is 0.378. The zero-order valence-corrected chi connectivity index (χ0v) is 21.6. The molecule has 1 saturated carbocycles. The minimum absolute atomic E-state index is 0.0692. The van der Waals surface area contributed by atoms with Crippen LogP contribution in [0.4, 0.5) is 23.1 Å². The Labute approximate surface area is 217 Å². The van der Waals surface area contributed by atoms with Crippen LogP contribution in [0.15, 0.2) is 42.7 Å². The first-order chi connectivity index (χ1) is 17.6. The van der Waals surface area contributed by atoms with E-state index in [0.717, 1.165) is 31.6 Å². The summed E-state index contributed by atoms with van der Waals surface area (Å²) < 4.78 is 0. The zero-order chi connectivity index (χ0) is 26.2.